The van der Waals surface area contributed by atoms with Crippen LogP contribution in [-0.2, 0) is 6.42 Å². The molecule has 1 aliphatic carbocycles. The summed E-state index contributed by atoms with van der Waals surface area (Å²) >= 11 is 1.74. The van der Waals surface area contributed by atoms with Crippen molar-refractivity contribution >= 4 is 11.3 Å². The second-order valence-corrected chi connectivity index (χ2v) is 3.99. The summed E-state index contributed by atoms with van der Waals surface area (Å²) in [5, 5.41) is 3.36. The number of rotatable bonds is 2. The number of hydrogen-bond donors (Lipinski definition) is 0. The Balaban J connectivity index is 2.05. The molecule has 1 nitrogen and oxygen atoms in total. The molecule has 0 saturated heterocycles. The van der Waals surface area contributed by atoms with Crippen LogP contribution in [-0.4, -0.2) is 4.98 Å². The smallest absolute Gasteiger partial charge is 0.105 e. The van der Waals surface area contributed by atoms with Crippen molar-refractivity contribution in [1.82, 2.24) is 4.98 Å². The standard InChI is InChI=1S/C10H11NS/c1-2-3-4-10-11-9(7-12-10)8-5-6-8/h7-8H,4-6H2,1H3. The van der Waals surface area contributed by atoms with Crippen molar-refractivity contribution in [3.05, 3.63) is 16.1 Å². The Morgan fingerprint density at radius 1 is 1.67 bits per heavy atom. The van der Waals surface area contributed by atoms with Crippen LogP contribution >= 0.6 is 11.3 Å². The third-order valence-electron chi connectivity index (χ3n) is 1.98. The van der Waals surface area contributed by atoms with Gasteiger partial charge in [-0.1, -0.05) is 5.92 Å². The molecule has 0 aromatic carbocycles. The predicted molar refractivity (Wildman–Crippen MR) is 51.2 cm³/mol. The molecule has 1 fully saturated rings. The van der Waals surface area contributed by atoms with Crippen LogP contribution in [0.4, 0.5) is 0 Å². The van der Waals surface area contributed by atoms with Crippen molar-refractivity contribution in [2.24, 2.45) is 0 Å². The Morgan fingerprint density at radius 3 is 3.17 bits per heavy atom. The topological polar surface area (TPSA) is 12.9 Å². The molecule has 0 amide bonds. The molecule has 0 N–H and O–H groups in total. The van der Waals surface area contributed by atoms with Gasteiger partial charge in [0.1, 0.15) is 5.01 Å². The van der Waals surface area contributed by atoms with E-state index in [4.69, 9.17) is 0 Å². The van der Waals surface area contributed by atoms with Crippen LogP contribution in [0.5, 0.6) is 0 Å². The van der Waals surface area contributed by atoms with Gasteiger partial charge in [-0.3, -0.25) is 0 Å². The largest absolute Gasteiger partial charge is 0.245 e. The summed E-state index contributed by atoms with van der Waals surface area (Å²) < 4.78 is 0. The molecule has 0 bridgehead atoms. The van der Waals surface area contributed by atoms with E-state index in [0.29, 0.717) is 0 Å². The molecule has 12 heavy (non-hydrogen) atoms. The van der Waals surface area contributed by atoms with Crippen molar-refractivity contribution in [3.63, 3.8) is 0 Å². The first-order valence-electron chi connectivity index (χ1n) is 4.24. The molecule has 0 atom stereocenters. The van der Waals surface area contributed by atoms with Crippen LogP contribution in [0.3, 0.4) is 0 Å². The maximum atomic E-state index is 4.53. The van der Waals surface area contributed by atoms with E-state index >= 15 is 0 Å². The Morgan fingerprint density at radius 2 is 2.50 bits per heavy atom. The average Bonchev–Trinajstić information content (AvgIpc) is 2.83. The maximum absolute atomic E-state index is 4.53. The molecule has 2 rings (SSSR count). The molecule has 1 aromatic heterocycles. The molecule has 0 unspecified atom stereocenters. The molecular formula is C10H11NS. The molecule has 1 aromatic rings. The van der Waals surface area contributed by atoms with Crippen molar-refractivity contribution < 1.29 is 0 Å². The second-order valence-electron chi connectivity index (χ2n) is 3.04. The molecule has 0 spiro atoms. The number of nitrogens with zero attached hydrogens (tertiary/aromatic N) is 1. The first kappa shape index (κ1) is 7.82. The third kappa shape index (κ3) is 1.67. The zero-order chi connectivity index (χ0) is 8.39. The minimum absolute atomic E-state index is 0.782. The Hall–Kier alpha value is -0.810. The molecule has 1 saturated carbocycles. The van der Waals surface area contributed by atoms with Gasteiger partial charge in [0.05, 0.1) is 12.1 Å². The number of hydrogen-bond acceptors (Lipinski definition) is 2. The van der Waals surface area contributed by atoms with Crippen LogP contribution < -0.4 is 0 Å². The highest BCUT2D eigenvalue weighted by molar-refractivity contribution is 7.09. The molecule has 62 valence electrons. The Labute approximate surface area is 76.8 Å². The van der Waals surface area contributed by atoms with Gasteiger partial charge in [-0.25, -0.2) is 4.98 Å². The monoisotopic (exact) mass is 177 g/mol. The highest BCUT2D eigenvalue weighted by atomic mass is 32.1. The van der Waals surface area contributed by atoms with Crippen molar-refractivity contribution in [2.45, 2.75) is 32.1 Å². The molecule has 1 aliphatic rings. The molecule has 2 heteroatoms. The lowest BCUT2D eigenvalue weighted by Gasteiger charge is -1.85. The molecule has 0 radical (unpaired) electrons. The van der Waals surface area contributed by atoms with E-state index in [1.807, 2.05) is 6.92 Å². The van der Waals surface area contributed by atoms with Crippen LogP contribution in [0.15, 0.2) is 5.38 Å². The van der Waals surface area contributed by atoms with Gasteiger partial charge >= 0.3 is 0 Å². The first-order valence-corrected chi connectivity index (χ1v) is 5.12. The zero-order valence-electron chi connectivity index (χ0n) is 7.13. The summed E-state index contributed by atoms with van der Waals surface area (Å²) in [6.45, 7) is 1.87. The fraction of sp³-hybridized carbons (Fsp3) is 0.500. The van der Waals surface area contributed by atoms with Gasteiger partial charge in [0.2, 0.25) is 0 Å². The average molecular weight is 177 g/mol. The molecular weight excluding hydrogens is 166 g/mol. The summed E-state index contributed by atoms with van der Waals surface area (Å²) in [7, 11) is 0. The summed E-state index contributed by atoms with van der Waals surface area (Å²) in [6.07, 6.45) is 3.50. The highest BCUT2D eigenvalue weighted by Crippen LogP contribution is 2.40. The fourth-order valence-corrected chi connectivity index (χ4v) is 1.95. The van der Waals surface area contributed by atoms with Crippen LogP contribution in [0, 0.1) is 11.8 Å². The van der Waals surface area contributed by atoms with Gasteiger partial charge in [0.25, 0.3) is 0 Å². The first-order chi connectivity index (χ1) is 5.90. The minimum Gasteiger partial charge on any atom is -0.245 e. The number of thiazole rings is 1. The summed E-state index contributed by atoms with van der Waals surface area (Å²) in [5.74, 6) is 6.70. The van der Waals surface area contributed by atoms with Gasteiger partial charge in [0.15, 0.2) is 0 Å². The van der Waals surface area contributed by atoms with Crippen molar-refractivity contribution in [2.75, 3.05) is 0 Å². The summed E-state index contributed by atoms with van der Waals surface area (Å²) in [6, 6.07) is 0. The lowest BCUT2D eigenvalue weighted by Crippen LogP contribution is -1.82. The van der Waals surface area contributed by atoms with E-state index in [-0.39, 0.29) is 0 Å². The highest BCUT2D eigenvalue weighted by Gasteiger charge is 2.25. The van der Waals surface area contributed by atoms with E-state index in [2.05, 4.69) is 22.2 Å². The van der Waals surface area contributed by atoms with Crippen LogP contribution in [0.25, 0.3) is 0 Å². The van der Waals surface area contributed by atoms with Crippen LogP contribution in [0.1, 0.15) is 36.4 Å². The minimum atomic E-state index is 0.782. The van der Waals surface area contributed by atoms with E-state index in [1.165, 1.54) is 23.5 Å². The van der Waals surface area contributed by atoms with Crippen molar-refractivity contribution in [3.8, 4) is 11.8 Å². The lowest BCUT2D eigenvalue weighted by molar-refractivity contribution is 1.02. The third-order valence-corrected chi connectivity index (χ3v) is 2.85. The lowest BCUT2D eigenvalue weighted by atomic mass is 10.3. The maximum Gasteiger partial charge on any atom is 0.105 e. The van der Waals surface area contributed by atoms with Gasteiger partial charge in [-0.15, -0.1) is 17.3 Å². The number of aromatic nitrogens is 1. The van der Waals surface area contributed by atoms with Gasteiger partial charge in [-0.2, -0.15) is 0 Å². The normalized spacial score (nSPS) is 15.4. The summed E-state index contributed by atoms with van der Waals surface area (Å²) in [4.78, 5) is 4.53. The molecule has 0 aliphatic heterocycles. The molecule has 1 heterocycles. The zero-order valence-corrected chi connectivity index (χ0v) is 7.95. The van der Waals surface area contributed by atoms with E-state index < -0.39 is 0 Å². The second kappa shape index (κ2) is 3.28. The summed E-state index contributed by atoms with van der Waals surface area (Å²) in [5.41, 5.74) is 1.30. The predicted octanol–water partition coefficient (Wildman–Crippen LogP) is 2.59. The van der Waals surface area contributed by atoms with E-state index in [1.54, 1.807) is 11.3 Å². The van der Waals surface area contributed by atoms with E-state index in [9.17, 15) is 0 Å². The SMILES string of the molecule is CC#CCc1nc(C2CC2)cs1. The quantitative estimate of drug-likeness (QED) is 0.633. The van der Waals surface area contributed by atoms with Crippen molar-refractivity contribution in [1.29, 1.82) is 0 Å². The Bertz CT molecular complexity index is 325. The van der Waals surface area contributed by atoms with E-state index in [0.717, 1.165) is 12.3 Å². The van der Waals surface area contributed by atoms with Gasteiger partial charge in [0, 0.05) is 11.3 Å². The van der Waals surface area contributed by atoms with Gasteiger partial charge < -0.3 is 0 Å². The Kier molecular flexibility index (Phi) is 2.14. The van der Waals surface area contributed by atoms with Gasteiger partial charge in [-0.05, 0) is 19.8 Å². The fourth-order valence-electron chi connectivity index (χ4n) is 1.14. The van der Waals surface area contributed by atoms with Crippen LogP contribution in [0.2, 0.25) is 0 Å².